The number of anilines is 2. The minimum Gasteiger partial charge on any atom is -0.372 e. The molecule has 0 bridgehead atoms. The van der Waals surface area contributed by atoms with Gasteiger partial charge in [-0.25, -0.2) is 9.78 Å². The molecule has 0 fully saturated rings. The Hall–Kier alpha value is -2.30. The molecule has 1 aromatic carbocycles. The van der Waals surface area contributed by atoms with Gasteiger partial charge in [0.2, 0.25) is 0 Å². The van der Waals surface area contributed by atoms with Gasteiger partial charge in [-0.2, -0.15) is 0 Å². The molecule has 2 aromatic rings. The van der Waals surface area contributed by atoms with E-state index in [1.807, 2.05) is 24.3 Å². The number of nitrogens with zero attached hydrogens (tertiary/aromatic N) is 3. The zero-order valence-electron chi connectivity index (χ0n) is 11.2. The van der Waals surface area contributed by atoms with Crippen LogP contribution in [0.15, 0.2) is 43.0 Å². The van der Waals surface area contributed by atoms with Gasteiger partial charge in [0.25, 0.3) is 0 Å². The average Bonchev–Trinajstić information content (AvgIpc) is 2.96. The first-order chi connectivity index (χ1) is 9.24. The molecule has 0 saturated carbocycles. The second kappa shape index (κ2) is 6.04. The lowest BCUT2D eigenvalue weighted by molar-refractivity contribution is 0.253. The molecular formula is C14H18N4O. The van der Waals surface area contributed by atoms with Crippen molar-refractivity contribution in [3.8, 4) is 0 Å². The monoisotopic (exact) mass is 258 g/mol. The summed E-state index contributed by atoms with van der Waals surface area (Å²) >= 11 is 0. The fourth-order valence-corrected chi connectivity index (χ4v) is 1.91. The van der Waals surface area contributed by atoms with Crippen LogP contribution < -0.4 is 10.2 Å². The summed E-state index contributed by atoms with van der Waals surface area (Å²) in [6, 6.07) is 7.62. The SMILES string of the molecule is CCN(CC)c1ccc(NC(=O)n2ccnc2)cc1. The predicted octanol–water partition coefficient (Wildman–Crippen LogP) is 2.81. The molecule has 19 heavy (non-hydrogen) atoms. The quantitative estimate of drug-likeness (QED) is 0.917. The van der Waals surface area contributed by atoms with Gasteiger partial charge in [0.1, 0.15) is 6.33 Å². The number of hydrogen-bond acceptors (Lipinski definition) is 3. The van der Waals surface area contributed by atoms with E-state index in [1.54, 1.807) is 12.4 Å². The summed E-state index contributed by atoms with van der Waals surface area (Å²) in [7, 11) is 0. The van der Waals surface area contributed by atoms with Gasteiger partial charge in [-0.15, -0.1) is 0 Å². The summed E-state index contributed by atoms with van der Waals surface area (Å²) in [6.07, 6.45) is 4.66. The highest BCUT2D eigenvalue weighted by atomic mass is 16.2. The third-order valence-corrected chi connectivity index (χ3v) is 2.99. The van der Waals surface area contributed by atoms with Gasteiger partial charge in [0.15, 0.2) is 0 Å². The zero-order chi connectivity index (χ0) is 13.7. The molecule has 0 aliphatic rings. The van der Waals surface area contributed by atoms with Crippen LogP contribution >= 0.6 is 0 Å². The highest BCUT2D eigenvalue weighted by molar-refractivity contribution is 5.91. The van der Waals surface area contributed by atoms with E-state index in [2.05, 4.69) is 29.0 Å². The molecule has 1 heterocycles. The standard InChI is InChI=1S/C14H18N4O/c1-3-17(4-2)13-7-5-12(6-8-13)16-14(19)18-10-9-15-11-18/h5-11H,3-4H2,1-2H3,(H,16,19). The molecule has 1 amide bonds. The van der Waals surface area contributed by atoms with E-state index in [4.69, 9.17) is 0 Å². The second-order valence-corrected chi connectivity index (χ2v) is 4.12. The molecule has 0 spiro atoms. The third kappa shape index (κ3) is 3.13. The lowest BCUT2D eigenvalue weighted by Crippen LogP contribution is -2.22. The van der Waals surface area contributed by atoms with Crippen LogP contribution in [0.25, 0.3) is 0 Å². The molecule has 0 radical (unpaired) electrons. The van der Waals surface area contributed by atoms with Gasteiger partial charge in [0, 0.05) is 36.9 Å². The largest absolute Gasteiger partial charge is 0.372 e. The van der Waals surface area contributed by atoms with Crippen LogP contribution in [0.3, 0.4) is 0 Å². The van der Waals surface area contributed by atoms with Gasteiger partial charge in [-0.1, -0.05) is 0 Å². The summed E-state index contributed by atoms with van der Waals surface area (Å²) in [4.78, 5) is 17.9. The number of amides is 1. The Bertz CT molecular complexity index is 515. The van der Waals surface area contributed by atoms with Gasteiger partial charge in [-0.05, 0) is 38.1 Å². The maximum absolute atomic E-state index is 11.8. The molecule has 0 atom stereocenters. The van der Waals surface area contributed by atoms with Crippen LogP contribution in [0, 0.1) is 0 Å². The van der Waals surface area contributed by atoms with Crippen molar-refractivity contribution in [1.82, 2.24) is 9.55 Å². The Kier molecular flexibility index (Phi) is 4.18. The minimum atomic E-state index is -0.215. The Labute approximate surface area is 112 Å². The topological polar surface area (TPSA) is 50.2 Å². The van der Waals surface area contributed by atoms with Crippen molar-refractivity contribution < 1.29 is 4.79 Å². The first-order valence-electron chi connectivity index (χ1n) is 6.39. The van der Waals surface area contributed by atoms with E-state index in [0.29, 0.717) is 0 Å². The van der Waals surface area contributed by atoms with E-state index in [-0.39, 0.29) is 6.03 Å². The van der Waals surface area contributed by atoms with Crippen LogP contribution in [0.5, 0.6) is 0 Å². The van der Waals surface area contributed by atoms with Gasteiger partial charge in [0.05, 0.1) is 0 Å². The van der Waals surface area contributed by atoms with Crippen LogP contribution in [0.1, 0.15) is 13.8 Å². The molecule has 0 aliphatic carbocycles. The second-order valence-electron chi connectivity index (χ2n) is 4.12. The van der Waals surface area contributed by atoms with Crippen molar-refractivity contribution in [3.05, 3.63) is 43.0 Å². The van der Waals surface area contributed by atoms with Gasteiger partial charge >= 0.3 is 6.03 Å². The number of carbonyl (C=O) groups excluding carboxylic acids is 1. The smallest absolute Gasteiger partial charge is 0.331 e. The molecule has 2 rings (SSSR count). The molecule has 0 aliphatic heterocycles. The fraction of sp³-hybridized carbons (Fsp3) is 0.286. The van der Waals surface area contributed by atoms with Crippen molar-refractivity contribution in [1.29, 1.82) is 0 Å². The molecule has 1 aromatic heterocycles. The Morgan fingerprint density at radius 3 is 2.47 bits per heavy atom. The van der Waals surface area contributed by atoms with Crippen molar-refractivity contribution in [2.75, 3.05) is 23.3 Å². The Balaban J connectivity index is 2.05. The predicted molar refractivity (Wildman–Crippen MR) is 76.6 cm³/mol. The lowest BCUT2D eigenvalue weighted by atomic mass is 10.2. The molecular weight excluding hydrogens is 240 g/mol. The van der Waals surface area contributed by atoms with Crippen LogP contribution in [-0.2, 0) is 0 Å². The first kappa shape index (κ1) is 13.1. The third-order valence-electron chi connectivity index (χ3n) is 2.99. The molecule has 0 unspecified atom stereocenters. The zero-order valence-corrected chi connectivity index (χ0v) is 11.2. The van der Waals surface area contributed by atoms with Crippen molar-refractivity contribution in [2.24, 2.45) is 0 Å². The lowest BCUT2D eigenvalue weighted by Gasteiger charge is -2.21. The van der Waals surface area contributed by atoms with Crippen LogP contribution in [0.2, 0.25) is 0 Å². The van der Waals surface area contributed by atoms with E-state index in [9.17, 15) is 4.79 Å². The number of aromatic nitrogens is 2. The van der Waals surface area contributed by atoms with E-state index in [0.717, 1.165) is 24.5 Å². The van der Waals surface area contributed by atoms with Crippen LogP contribution in [-0.4, -0.2) is 28.7 Å². The van der Waals surface area contributed by atoms with Crippen LogP contribution in [0.4, 0.5) is 16.2 Å². The number of carbonyl (C=O) groups is 1. The average molecular weight is 258 g/mol. The highest BCUT2D eigenvalue weighted by Crippen LogP contribution is 2.17. The van der Waals surface area contributed by atoms with Gasteiger partial charge < -0.3 is 10.2 Å². The Morgan fingerprint density at radius 2 is 1.95 bits per heavy atom. The summed E-state index contributed by atoms with van der Waals surface area (Å²) in [6.45, 7) is 6.19. The molecule has 5 heteroatoms. The van der Waals surface area contributed by atoms with E-state index >= 15 is 0 Å². The van der Waals surface area contributed by atoms with Gasteiger partial charge in [-0.3, -0.25) is 4.57 Å². The van der Waals surface area contributed by atoms with Crippen molar-refractivity contribution in [2.45, 2.75) is 13.8 Å². The minimum absolute atomic E-state index is 0.215. The highest BCUT2D eigenvalue weighted by Gasteiger charge is 2.05. The van der Waals surface area contributed by atoms with E-state index < -0.39 is 0 Å². The maximum atomic E-state index is 11.8. The molecule has 100 valence electrons. The van der Waals surface area contributed by atoms with Crippen molar-refractivity contribution >= 4 is 17.4 Å². The number of rotatable bonds is 4. The van der Waals surface area contributed by atoms with E-state index in [1.165, 1.54) is 10.9 Å². The number of imidazole rings is 1. The summed E-state index contributed by atoms with van der Waals surface area (Å²) in [5.41, 5.74) is 1.93. The number of nitrogens with one attached hydrogen (secondary N) is 1. The molecule has 5 nitrogen and oxygen atoms in total. The molecule has 1 N–H and O–H groups in total. The summed E-state index contributed by atoms with van der Waals surface area (Å²) in [5, 5.41) is 2.81. The first-order valence-corrected chi connectivity index (χ1v) is 6.39. The Morgan fingerprint density at radius 1 is 1.26 bits per heavy atom. The number of benzene rings is 1. The maximum Gasteiger partial charge on any atom is 0.331 e. The molecule has 0 saturated heterocycles. The summed E-state index contributed by atoms with van der Waals surface area (Å²) in [5.74, 6) is 0. The normalized spacial score (nSPS) is 10.2. The summed E-state index contributed by atoms with van der Waals surface area (Å²) < 4.78 is 1.40. The number of hydrogen-bond donors (Lipinski definition) is 1. The fourth-order valence-electron chi connectivity index (χ4n) is 1.91. The van der Waals surface area contributed by atoms with Crippen molar-refractivity contribution in [3.63, 3.8) is 0 Å².